The monoisotopic (exact) mass is 430 g/mol. The number of carbonyl (C=O) groups is 1. The molecule has 2 aliphatic heterocycles. The van der Waals surface area contributed by atoms with E-state index in [-0.39, 0.29) is 11.8 Å². The maximum absolute atomic E-state index is 13.1. The summed E-state index contributed by atoms with van der Waals surface area (Å²) < 4.78 is 33.2. The molecule has 0 aliphatic carbocycles. The molecule has 2 fully saturated rings. The number of fused-ring (bicyclic) bond motifs is 1. The summed E-state index contributed by atoms with van der Waals surface area (Å²) in [5.41, 5.74) is 1.35. The van der Waals surface area contributed by atoms with Gasteiger partial charge in [0.25, 0.3) is 5.91 Å². The van der Waals surface area contributed by atoms with Gasteiger partial charge in [0.05, 0.1) is 18.6 Å². The molecule has 3 heterocycles. The van der Waals surface area contributed by atoms with Crippen molar-refractivity contribution in [2.45, 2.75) is 24.5 Å². The number of nitrogens with zero attached hydrogens (tertiary/aromatic N) is 4. The van der Waals surface area contributed by atoms with Crippen LogP contribution in [0.1, 0.15) is 28.9 Å². The van der Waals surface area contributed by atoms with Gasteiger partial charge in [0.15, 0.2) is 0 Å². The first-order valence-electron chi connectivity index (χ1n) is 10.2. The average molecular weight is 431 g/mol. The van der Waals surface area contributed by atoms with Crippen LogP contribution in [-0.2, 0) is 16.4 Å². The van der Waals surface area contributed by atoms with E-state index in [0.717, 1.165) is 11.3 Å². The number of hydrogen-bond donors (Lipinski definition) is 0. The molecule has 30 heavy (non-hydrogen) atoms. The maximum Gasteiger partial charge on any atom is 0.274 e. The third-order valence-corrected chi connectivity index (χ3v) is 8.45. The number of benzene rings is 1. The lowest BCUT2D eigenvalue weighted by atomic mass is 10.0. The molecular formula is C21H26N4O4S. The Morgan fingerprint density at radius 1 is 1.23 bits per heavy atom. The van der Waals surface area contributed by atoms with E-state index in [0.29, 0.717) is 51.1 Å². The van der Waals surface area contributed by atoms with Gasteiger partial charge in [-0.25, -0.2) is 17.7 Å². The molecule has 0 bridgehead atoms. The molecule has 1 aromatic carbocycles. The quantitative estimate of drug-likeness (QED) is 0.715. The van der Waals surface area contributed by atoms with Crippen molar-refractivity contribution in [3.05, 3.63) is 54.1 Å². The summed E-state index contributed by atoms with van der Waals surface area (Å²) >= 11 is 0. The second kappa shape index (κ2) is 8.69. The van der Waals surface area contributed by atoms with Crippen molar-refractivity contribution in [2.24, 2.45) is 5.92 Å². The number of rotatable bonds is 5. The molecule has 2 atom stereocenters. The summed E-state index contributed by atoms with van der Waals surface area (Å²) in [7, 11) is -1.75. The highest BCUT2D eigenvalue weighted by Crippen LogP contribution is 2.34. The van der Waals surface area contributed by atoms with E-state index in [1.54, 1.807) is 16.3 Å². The Morgan fingerprint density at radius 3 is 2.83 bits per heavy atom. The molecule has 2 aromatic rings. The minimum Gasteiger partial charge on any atom is -0.497 e. The van der Waals surface area contributed by atoms with Gasteiger partial charge >= 0.3 is 0 Å². The standard InChI is InChI=1S/C21H26N4O4S/c1-29-18-4-2-3-16(13-18)5-12-25-15-17-6-10-24(11-7-20(17)30(25,27)28)21(26)19-14-22-8-9-23-19/h2-4,8-9,13-14,17,20H,5-7,10-12,15H2,1H3/t17-,20-/m0/s1. The Labute approximate surface area is 176 Å². The Hall–Kier alpha value is -2.52. The van der Waals surface area contributed by atoms with Crippen LogP contribution in [0, 0.1) is 5.92 Å². The van der Waals surface area contributed by atoms with Gasteiger partial charge in [-0.3, -0.25) is 9.78 Å². The summed E-state index contributed by atoms with van der Waals surface area (Å²) in [5, 5.41) is -0.428. The highest BCUT2D eigenvalue weighted by Gasteiger charge is 2.47. The number of carbonyl (C=O) groups excluding carboxylic acids is 1. The molecular weight excluding hydrogens is 404 g/mol. The van der Waals surface area contributed by atoms with Crippen molar-refractivity contribution in [2.75, 3.05) is 33.3 Å². The van der Waals surface area contributed by atoms with Gasteiger partial charge in [0.1, 0.15) is 11.4 Å². The molecule has 0 saturated carbocycles. The topological polar surface area (TPSA) is 92.7 Å². The minimum absolute atomic E-state index is 0.0416. The molecule has 0 radical (unpaired) electrons. The molecule has 160 valence electrons. The highest BCUT2D eigenvalue weighted by atomic mass is 32.2. The van der Waals surface area contributed by atoms with Crippen molar-refractivity contribution >= 4 is 15.9 Å². The SMILES string of the molecule is COc1cccc(CCN2C[C@@H]3CCN(C(=O)c4cnccn4)CC[C@@H]3S2(=O)=O)c1. The molecule has 0 N–H and O–H groups in total. The molecule has 2 aliphatic rings. The Kier molecular flexibility index (Phi) is 6.01. The normalized spacial score (nSPS) is 23.6. The summed E-state index contributed by atoms with van der Waals surface area (Å²) in [5.74, 6) is 0.630. The van der Waals surface area contributed by atoms with Crippen LogP contribution in [0.5, 0.6) is 5.75 Å². The lowest BCUT2D eigenvalue weighted by Crippen LogP contribution is -2.35. The number of hydrogen-bond acceptors (Lipinski definition) is 6. The van der Waals surface area contributed by atoms with Gasteiger partial charge in [0, 0.05) is 38.6 Å². The molecule has 2 saturated heterocycles. The molecule has 1 aromatic heterocycles. The summed E-state index contributed by atoms with van der Waals surface area (Å²) in [4.78, 5) is 22.4. The third kappa shape index (κ3) is 4.17. The fraction of sp³-hybridized carbons (Fsp3) is 0.476. The number of amides is 1. The van der Waals surface area contributed by atoms with Crippen LogP contribution in [0.2, 0.25) is 0 Å². The predicted molar refractivity (Wildman–Crippen MR) is 112 cm³/mol. The number of sulfonamides is 1. The van der Waals surface area contributed by atoms with Gasteiger partial charge in [-0.2, -0.15) is 0 Å². The first-order chi connectivity index (χ1) is 14.5. The number of methoxy groups -OCH3 is 1. The van der Waals surface area contributed by atoms with Crippen LogP contribution < -0.4 is 4.74 Å². The van der Waals surface area contributed by atoms with Crippen molar-refractivity contribution in [1.29, 1.82) is 0 Å². The Bertz CT molecular complexity index is 999. The van der Waals surface area contributed by atoms with Gasteiger partial charge in [-0.1, -0.05) is 12.1 Å². The summed E-state index contributed by atoms with van der Waals surface area (Å²) in [6.07, 6.45) is 6.24. The number of ether oxygens (including phenoxy) is 1. The Balaban J connectivity index is 1.40. The molecule has 8 nitrogen and oxygen atoms in total. The van der Waals surface area contributed by atoms with Crippen LogP contribution in [0.3, 0.4) is 0 Å². The Morgan fingerprint density at radius 2 is 2.07 bits per heavy atom. The smallest absolute Gasteiger partial charge is 0.274 e. The second-order valence-corrected chi connectivity index (χ2v) is 9.92. The molecule has 1 amide bonds. The van der Waals surface area contributed by atoms with E-state index in [4.69, 9.17) is 4.74 Å². The van der Waals surface area contributed by atoms with E-state index in [1.807, 2.05) is 24.3 Å². The number of aromatic nitrogens is 2. The zero-order valence-corrected chi connectivity index (χ0v) is 17.8. The van der Waals surface area contributed by atoms with E-state index in [2.05, 4.69) is 9.97 Å². The first kappa shape index (κ1) is 20.7. The van der Waals surface area contributed by atoms with Crippen molar-refractivity contribution in [1.82, 2.24) is 19.2 Å². The summed E-state index contributed by atoms with van der Waals surface area (Å²) in [6.45, 7) is 1.93. The van der Waals surface area contributed by atoms with Crippen LogP contribution in [0.25, 0.3) is 0 Å². The van der Waals surface area contributed by atoms with Crippen molar-refractivity contribution in [3.63, 3.8) is 0 Å². The molecule has 4 rings (SSSR count). The zero-order valence-electron chi connectivity index (χ0n) is 17.0. The summed E-state index contributed by atoms with van der Waals surface area (Å²) in [6, 6.07) is 7.72. The number of likely N-dealkylation sites (tertiary alicyclic amines) is 1. The van der Waals surface area contributed by atoms with Crippen LogP contribution >= 0.6 is 0 Å². The van der Waals surface area contributed by atoms with Gasteiger partial charge in [-0.15, -0.1) is 0 Å². The van der Waals surface area contributed by atoms with Crippen LogP contribution in [-0.4, -0.2) is 72.0 Å². The fourth-order valence-corrected chi connectivity index (χ4v) is 6.61. The molecule has 9 heteroatoms. The third-order valence-electron chi connectivity index (χ3n) is 6.01. The second-order valence-electron chi connectivity index (χ2n) is 7.76. The van der Waals surface area contributed by atoms with E-state index in [1.165, 1.54) is 18.6 Å². The minimum atomic E-state index is -3.37. The molecule has 0 spiro atoms. The predicted octanol–water partition coefficient (Wildman–Crippen LogP) is 1.59. The zero-order chi connectivity index (χ0) is 21.1. The average Bonchev–Trinajstić information content (AvgIpc) is 2.90. The first-order valence-corrected chi connectivity index (χ1v) is 11.7. The van der Waals surface area contributed by atoms with Crippen LogP contribution in [0.15, 0.2) is 42.9 Å². The van der Waals surface area contributed by atoms with Gasteiger partial charge < -0.3 is 9.64 Å². The van der Waals surface area contributed by atoms with E-state index in [9.17, 15) is 13.2 Å². The van der Waals surface area contributed by atoms with Gasteiger partial charge in [0.2, 0.25) is 10.0 Å². The molecule has 0 unspecified atom stereocenters. The maximum atomic E-state index is 13.1. The van der Waals surface area contributed by atoms with Crippen molar-refractivity contribution in [3.8, 4) is 5.75 Å². The van der Waals surface area contributed by atoms with E-state index < -0.39 is 15.3 Å². The van der Waals surface area contributed by atoms with Crippen molar-refractivity contribution < 1.29 is 17.9 Å². The van der Waals surface area contributed by atoms with E-state index >= 15 is 0 Å². The fourth-order valence-electron chi connectivity index (χ4n) is 4.37. The van der Waals surface area contributed by atoms with Crippen LogP contribution in [0.4, 0.5) is 0 Å². The lowest BCUT2D eigenvalue weighted by molar-refractivity contribution is 0.0752. The van der Waals surface area contributed by atoms with Gasteiger partial charge in [-0.05, 0) is 42.9 Å². The highest BCUT2D eigenvalue weighted by molar-refractivity contribution is 7.90. The lowest BCUT2D eigenvalue weighted by Gasteiger charge is -2.21. The largest absolute Gasteiger partial charge is 0.497 e.